The van der Waals surface area contributed by atoms with Crippen LogP contribution in [0.25, 0.3) is 0 Å². The summed E-state index contributed by atoms with van der Waals surface area (Å²) in [5.74, 6) is 0.00619. The van der Waals surface area contributed by atoms with Crippen LogP contribution in [-0.4, -0.2) is 49.7 Å². The van der Waals surface area contributed by atoms with Gasteiger partial charge in [-0.25, -0.2) is 0 Å². The SMILES string of the molecule is CC(=O)c1ccc(N2CC[NH+]([C@H](C)C(=O)Nc3cccc(C(C)=O)c3)CC2)cc1. The minimum atomic E-state index is -0.182. The lowest BCUT2D eigenvalue weighted by molar-refractivity contribution is -0.914. The van der Waals surface area contributed by atoms with E-state index in [9.17, 15) is 14.4 Å². The summed E-state index contributed by atoms with van der Waals surface area (Å²) in [4.78, 5) is 39.2. The van der Waals surface area contributed by atoms with Crippen LogP contribution in [0, 0.1) is 0 Å². The average molecular weight is 394 g/mol. The number of amides is 1. The number of Topliss-reactive ketones (excluding diaryl/α,β-unsaturated/α-hetero) is 2. The van der Waals surface area contributed by atoms with E-state index in [2.05, 4.69) is 10.2 Å². The lowest BCUT2D eigenvalue weighted by Crippen LogP contribution is -3.19. The summed E-state index contributed by atoms with van der Waals surface area (Å²) in [7, 11) is 0. The zero-order chi connectivity index (χ0) is 21.0. The fraction of sp³-hybridized carbons (Fsp3) is 0.348. The van der Waals surface area contributed by atoms with Gasteiger partial charge in [0.05, 0.1) is 26.2 Å². The van der Waals surface area contributed by atoms with Crippen LogP contribution >= 0.6 is 0 Å². The molecule has 152 valence electrons. The Labute approximate surface area is 171 Å². The molecule has 29 heavy (non-hydrogen) atoms. The van der Waals surface area contributed by atoms with Crippen molar-refractivity contribution in [1.29, 1.82) is 0 Å². The lowest BCUT2D eigenvalue weighted by Gasteiger charge is -2.36. The zero-order valence-corrected chi connectivity index (χ0v) is 17.2. The molecule has 1 fully saturated rings. The van der Waals surface area contributed by atoms with Gasteiger partial charge in [-0.1, -0.05) is 12.1 Å². The monoisotopic (exact) mass is 394 g/mol. The first-order chi connectivity index (χ1) is 13.8. The molecule has 0 saturated carbocycles. The van der Waals surface area contributed by atoms with Crippen molar-refractivity contribution >= 4 is 28.8 Å². The summed E-state index contributed by atoms with van der Waals surface area (Å²) in [5.41, 5.74) is 3.06. The third kappa shape index (κ3) is 5.09. The first-order valence-corrected chi connectivity index (χ1v) is 9.97. The van der Waals surface area contributed by atoms with E-state index in [1.54, 1.807) is 31.2 Å². The Morgan fingerprint density at radius 3 is 2.14 bits per heavy atom. The second-order valence-corrected chi connectivity index (χ2v) is 7.60. The summed E-state index contributed by atoms with van der Waals surface area (Å²) in [6.45, 7) is 8.45. The van der Waals surface area contributed by atoms with Gasteiger partial charge in [-0.05, 0) is 57.2 Å². The van der Waals surface area contributed by atoms with Gasteiger partial charge in [0, 0.05) is 22.5 Å². The van der Waals surface area contributed by atoms with Crippen LogP contribution in [0.15, 0.2) is 48.5 Å². The number of benzene rings is 2. The maximum Gasteiger partial charge on any atom is 0.282 e. The van der Waals surface area contributed by atoms with Gasteiger partial charge in [-0.2, -0.15) is 0 Å². The van der Waals surface area contributed by atoms with Crippen LogP contribution in [0.1, 0.15) is 41.5 Å². The van der Waals surface area contributed by atoms with Crippen molar-refractivity contribution in [3.8, 4) is 0 Å². The van der Waals surface area contributed by atoms with Crippen molar-refractivity contribution < 1.29 is 19.3 Å². The molecule has 3 rings (SSSR count). The molecule has 2 aromatic carbocycles. The maximum atomic E-state index is 12.7. The highest BCUT2D eigenvalue weighted by Crippen LogP contribution is 2.16. The Kier molecular flexibility index (Phi) is 6.44. The number of carbonyl (C=O) groups excluding carboxylic acids is 3. The van der Waals surface area contributed by atoms with Crippen LogP contribution in [0.3, 0.4) is 0 Å². The Balaban J connectivity index is 1.56. The van der Waals surface area contributed by atoms with E-state index in [4.69, 9.17) is 0 Å². The van der Waals surface area contributed by atoms with E-state index in [-0.39, 0.29) is 23.5 Å². The molecule has 0 unspecified atom stereocenters. The first-order valence-electron chi connectivity index (χ1n) is 9.97. The van der Waals surface area contributed by atoms with Crippen LogP contribution in [0.2, 0.25) is 0 Å². The first kappa shape index (κ1) is 20.7. The minimum Gasteiger partial charge on any atom is -0.360 e. The summed E-state index contributed by atoms with van der Waals surface area (Å²) in [6, 6.07) is 14.6. The Morgan fingerprint density at radius 2 is 1.55 bits per heavy atom. The molecule has 1 aliphatic heterocycles. The van der Waals surface area contributed by atoms with Crippen molar-refractivity contribution in [2.75, 3.05) is 36.4 Å². The molecule has 1 heterocycles. The van der Waals surface area contributed by atoms with Gasteiger partial charge in [0.15, 0.2) is 17.6 Å². The van der Waals surface area contributed by atoms with Gasteiger partial charge in [0.2, 0.25) is 0 Å². The predicted octanol–water partition coefficient (Wildman–Crippen LogP) is 1.82. The largest absolute Gasteiger partial charge is 0.360 e. The second-order valence-electron chi connectivity index (χ2n) is 7.60. The third-order valence-corrected chi connectivity index (χ3v) is 5.59. The molecule has 2 aromatic rings. The molecule has 1 aliphatic rings. The van der Waals surface area contributed by atoms with Crippen molar-refractivity contribution in [3.63, 3.8) is 0 Å². The number of hydrogen-bond acceptors (Lipinski definition) is 4. The molecular weight excluding hydrogens is 366 g/mol. The molecule has 0 bridgehead atoms. The van der Waals surface area contributed by atoms with E-state index in [1.165, 1.54) is 11.8 Å². The maximum absolute atomic E-state index is 12.7. The van der Waals surface area contributed by atoms with Crippen LogP contribution in [0.4, 0.5) is 11.4 Å². The number of quaternary nitrogens is 1. The fourth-order valence-corrected chi connectivity index (χ4v) is 3.64. The van der Waals surface area contributed by atoms with Gasteiger partial charge in [0.1, 0.15) is 0 Å². The van der Waals surface area contributed by atoms with Crippen LogP contribution in [0.5, 0.6) is 0 Å². The molecule has 0 radical (unpaired) electrons. The summed E-state index contributed by atoms with van der Waals surface area (Å²) in [6.07, 6.45) is 0. The molecule has 2 N–H and O–H groups in total. The van der Waals surface area contributed by atoms with Gasteiger partial charge in [0.25, 0.3) is 5.91 Å². The summed E-state index contributed by atoms with van der Waals surface area (Å²) >= 11 is 0. The smallest absolute Gasteiger partial charge is 0.282 e. The van der Waals surface area contributed by atoms with E-state index in [1.807, 2.05) is 31.2 Å². The second kappa shape index (κ2) is 9.01. The zero-order valence-electron chi connectivity index (χ0n) is 17.2. The molecule has 0 aliphatic carbocycles. The van der Waals surface area contributed by atoms with Crippen molar-refractivity contribution in [2.24, 2.45) is 0 Å². The van der Waals surface area contributed by atoms with Gasteiger partial charge in [-0.3, -0.25) is 14.4 Å². The fourth-order valence-electron chi connectivity index (χ4n) is 3.64. The highest BCUT2D eigenvalue weighted by atomic mass is 16.2. The average Bonchev–Trinajstić information content (AvgIpc) is 2.73. The minimum absolute atomic E-state index is 0.0211. The topological polar surface area (TPSA) is 70.9 Å². The molecular formula is C23H28N3O3+. The molecule has 6 heteroatoms. The van der Waals surface area contributed by atoms with Crippen molar-refractivity contribution in [1.82, 2.24) is 0 Å². The number of carbonyl (C=O) groups is 3. The van der Waals surface area contributed by atoms with Crippen LogP contribution in [-0.2, 0) is 4.79 Å². The van der Waals surface area contributed by atoms with Crippen LogP contribution < -0.4 is 15.1 Å². The standard InChI is InChI=1S/C23H27N3O3/c1-16(23(29)24-21-6-4-5-20(15-21)18(3)28)25-11-13-26(14-12-25)22-9-7-19(8-10-22)17(2)27/h4-10,15-16H,11-14H2,1-3H3,(H,24,29)/p+1/t16-/m1/s1. The summed E-state index contributed by atoms with van der Waals surface area (Å²) < 4.78 is 0. The normalized spacial score (nSPS) is 15.6. The van der Waals surface area contributed by atoms with E-state index >= 15 is 0 Å². The highest BCUT2D eigenvalue weighted by molar-refractivity contribution is 5.98. The molecule has 1 saturated heterocycles. The van der Waals surface area contributed by atoms with E-state index in [0.29, 0.717) is 11.3 Å². The number of ketones is 2. The van der Waals surface area contributed by atoms with Gasteiger partial charge in [-0.15, -0.1) is 0 Å². The molecule has 1 amide bonds. The molecule has 6 nitrogen and oxygen atoms in total. The number of hydrogen-bond donors (Lipinski definition) is 2. The molecule has 0 spiro atoms. The van der Waals surface area contributed by atoms with Crippen molar-refractivity contribution in [2.45, 2.75) is 26.8 Å². The number of rotatable bonds is 6. The third-order valence-electron chi connectivity index (χ3n) is 5.59. The van der Waals surface area contributed by atoms with Crippen molar-refractivity contribution in [3.05, 3.63) is 59.7 Å². The highest BCUT2D eigenvalue weighted by Gasteiger charge is 2.29. The predicted molar refractivity (Wildman–Crippen MR) is 114 cm³/mol. The summed E-state index contributed by atoms with van der Waals surface area (Å²) in [5, 5.41) is 2.94. The number of piperazine rings is 1. The number of anilines is 2. The Morgan fingerprint density at radius 1 is 0.931 bits per heavy atom. The van der Waals surface area contributed by atoms with Gasteiger partial charge >= 0.3 is 0 Å². The molecule has 0 aromatic heterocycles. The van der Waals surface area contributed by atoms with E-state index < -0.39 is 0 Å². The van der Waals surface area contributed by atoms with Gasteiger partial charge < -0.3 is 15.1 Å². The lowest BCUT2D eigenvalue weighted by atomic mass is 10.1. The Bertz CT molecular complexity index is 900. The number of nitrogens with one attached hydrogen (secondary N) is 2. The molecule has 1 atom stereocenters. The number of nitrogens with zero attached hydrogens (tertiary/aromatic N) is 1. The Hall–Kier alpha value is -2.99. The van der Waals surface area contributed by atoms with E-state index in [0.717, 1.165) is 37.4 Å². The quantitative estimate of drug-likeness (QED) is 0.734.